The monoisotopic (exact) mass is 305 g/mol. The summed E-state index contributed by atoms with van der Waals surface area (Å²) in [5.74, 6) is 6.75. The lowest BCUT2D eigenvalue weighted by Crippen LogP contribution is -2.42. The molecule has 2 heterocycles. The summed E-state index contributed by atoms with van der Waals surface area (Å²) in [6, 6.07) is 13.4. The van der Waals surface area contributed by atoms with E-state index in [1.165, 1.54) is 0 Å². The number of amides is 1. The Morgan fingerprint density at radius 1 is 1.04 bits per heavy atom. The van der Waals surface area contributed by atoms with Crippen molar-refractivity contribution >= 4 is 11.7 Å². The molecule has 4 heteroatoms. The molecule has 0 N–H and O–H groups in total. The zero-order valence-corrected chi connectivity index (χ0v) is 13.4. The van der Waals surface area contributed by atoms with Crippen LogP contribution in [-0.2, 0) is 4.79 Å². The minimum Gasteiger partial charge on any atom is -0.295 e. The average Bonchev–Trinajstić information content (AvgIpc) is 2.54. The van der Waals surface area contributed by atoms with Crippen molar-refractivity contribution in [1.82, 2.24) is 10.2 Å². The zero-order chi connectivity index (χ0) is 16.3. The van der Waals surface area contributed by atoms with Gasteiger partial charge in [-0.05, 0) is 42.0 Å². The number of hydrogen-bond acceptors (Lipinski definition) is 3. The van der Waals surface area contributed by atoms with Crippen molar-refractivity contribution in [1.29, 1.82) is 0 Å². The molecule has 0 unspecified atom stereocenters. The predicted molar refractivity (Wildman–Crippen MR) is 89.8 cm³/mol. The molecule has 1 amide bonds. The van der Waals surface area contributed by atoms with E-state index in [1.807, 2.05) is 42.5 Å². The van der Waals surface area contributed by atoms with Gasteiger partial charge in [0.1, 0.15) is 5.69 Å². The van der Waals surface area contributed by atoms with E-state index in [-0.39, 0.29) is 11.3 Å². The van der Waals surface area contributed by atoms with Gasteiger partial charge in [0.15, 0.2) is 5.82 Å². The molecule has 1 aliphatic rings. The van der Waals surface area contributed by atoms with Gasteiger partial charge in [-0.25, -0.2) is 0 Å². The maximum absolute atomic E-state index is 12.2. The van der Waals surface area contributed by atoms with E-state index in [4.69, 9.17) is 0 Å². The number of nitrogens with zero attached hydrogens (tertiary/aromatic N) is 3. The van der Waals surface area contributed by atoms with Gasteiger partial charge in [-0.1, -0.05) is 38.0 Å². The summed E-state index contributed by atoms with van der Waals surface area (Å²) < 4.78 is 0. The van der Waals surface area contributed by atoms with Gasteiger partial charge in [0.25, 0.3) is 0 Å². The van der Waals surface area contributed by atoms with Crippen molar-refractivity contribution in [3.05, 3.63) is 53.7 Å². The highest BCUT2D eigenvalue weighted by Gasteiger charge is 2.32. The van der Waals surface area contributed by atoms with Crippen molar-refractivity contribution in [3.63, 3.8) is 0 Å². The molecule has 116 valence electrons. The predicted octanol–water partition coefficient (Wildman–Crippen LogP) is 3.03. The van der Waals surface area contributed by atoms with Crippen LogP contribution >= 0.6 is 0 Å². The van der Waals surface area contributed by atoms with Crippen molar-refractivity contribution in [2.45, 2.75) is 26.7 Å². The van der Waals surface area contributed by atoms with Crippen LogP contribution in [0, 0.1) is 17.3 Å². The third kappa shape index (κ3) is 3.75. The van der Waals surface area contributed by atoms with E-state index in [0.717, 1.165) is 12.0 Å². The summed E-state index contributed by atoms with van der Waals surface area (Å²) in [5.41, 5.74) is 1.61. The van der Waals surface area contributed by atoms with E-state index < -0.39 is 0 Å². The summed E-state index contributed by atoms with van der Waals surface area (Å²) >= 11 is 0. The minimum atomic E-state index is 0.0715. The van der Waals surface area contributed by atoms with Crippen LogP contribution in [0.5, 0.6) is 0 Å². The maximum Gasteiger partial charge on any atom is 0.228 e. The van der Waals surface area contributed by atoms with Crippen LogP contribution < -0.4 is 4.90 Å². The SMILES string of the molecule is CC1(C)CCN(c2ccc(C#Cc3ccccc3)nn2)C(=O)C1. The maximum atomic E-state index is 12.2. The molecular weight excluding hydrogens is 286 g/mol. The first-order valence-electron chi connectivity index (χ1n) is 7.75. The first kappa shape index (κ1) is 15.2. The molecule has 4 nitrogen and oxygen atoms in total. The Labute approximate surface area is 136 Å². The molecule has 0 saturated carbocycles. The number of hydrogen-bond donors (Lipinski definition) is 0. The number of aromatic nitrogens is 2. The van der Waals surface area contributed by atoms with Gasteiger partial charge < -0.3 is 0 Å². The van der Waals surface area contributed by atoms with Crippen LogP contribution in [0.15, 0.2) is 42.5 Å². The van der Waals surface area contributed by atoms with Crippen LogP contribution in [0.1, 0.15) is 37.9 Å². The largest absolute Gasteiger partial charge is 0.295 e. The lowest BCUT2D eigenvalue weighted by atomic mass is 9.82. The summed E-state index contributed by atoms with van der Waals surface area (Å²) in [6.07, 6.45) is 1.51. The van der Waals surface area contributed by atoms with E-state index in [2.05, 4.69) is 35.9 Å². The smallest absolute Gasteiger partial charge is 0.228 e. The molecule has 1 fully saturated rings. The van der Waals surface area contributed by atoms with Gasteiger partial charge >= 0.3 is 0 Å². The summed E-state index contributed by atoms with van der Waals surface area (Å²) in [6.45, 7) is 4.93. The van der Waals surface area contributed by atoms with Gasteiger partial charge in [0.05, 0.1) is 0 Å². The number of rotatable bonds is 1. The standard InChI is InChI=1S/C19H19N3O/c1-19(2)12-13-22(18(23)14-19)17-11-10-16(20-21-17)9-8-15-6-4-3-5-7-15/h3-7,10-11H,12-14H2,1-2H3. The Bertz CT molecular complexity index is 755. The highest BCUT2D eigenvalue weighted by molar-refractivity contribution is 5.93. The van der Waals surface area contributed by atoms with E-state index in [1.54, 1.807) is 4.90 Å². The first-order valence-corrected chi connectivity index (χ1v) is 7.75. The molecule has 0 radical (unpaired) electrons. The number of anilines is 1. The molecule has 0 bridgehead atoms. The molecular formula is C19H19N3O. The molecule has 1 aromatic heterocycles. The van der Waals surface area contributed by atoms with Gasteiger partial charge in [0.2, 0.25) is 5.91 Å². The average molecular weight is 305 g/mol. The Morgan fingerprint density at radius 2 is 1.83 bits per heavy atom. The lowest BCUT2D eigenvalue weighted by Gasteiger charge is -2.35. The fourth-order valence-electron chi connectivity index (χ4n) is 2.57. The molecule has 1 aromatic carbocycles. The topological polar surface area (TPSA) is 46.1 Å². The van der Waals surface area contributed by atoms with E-state index in [9.17, 15) is 4.79 Å². The number of carbonyl (C=O) groups excluding carboxylic acids is 1. The molecule has 0 atom stereocenters. The third-order valence-corrected chi connectivity index (χ3v) is 3.98. The first-order chi connectivity index (χ1) is 11.0. The second-order valence-electron chi connectivity index (χ2n) is 6.53. The molecule has 23 heavy (non-hydrogen) atoms. The Morgan fingerprint density at radius 3 is 2.48 bits per heavy atom. The molecule has 2 aromatic rings. The molecule has 0 aliphatic carbocycles. The second kappa shape index (κ2) is 6.21. The van der Waals surface area contributed by atoms with Crippen LogP contribution in [-0.4, -0.2) is 22.6 Å². The van der Waals surface area contributed by atoms with Crippen LogP contribution in [0.3, 0.4) is 0 Å². The second-order valence-corrected chi connectivity index (χ2v) is 6.53. The number of carbonyl (C=O) groups is 1. The van der Waals surface area contributed by atoms with Gasteiger partial charge in [-0.2, -0.15) is 0 Å². The highest BCUT2D eigenvalue weighted by atomic mass is 16.2. The summed E-state index contributed by atoms with van der Waals surface area (Å²) in [7, 11) is 0. The minimum absolute atomic E-state index is 0.0715. The van der Waals surface area contributed by atoms with Crippen molar-refractivity contribution in [3.8, 4) is 11.8 Å². The fraction of sp³-hybridized carbons (Fsp3) is 0.316. The van der Waals surface area contributed by atoms with Crippen LogP contribution in [0.2, 0.25) is 0 Å². The van der Waals surface area contributed by atoms with Crippen molar-refractivity contribution in [2.24, 2.45) is 5.41 Å². The normalized spacial score (nSPS) is 16.6. The van der Waals surface area contributed by atoms with E-state index in [0.29, 0.717) is 24.5 Å². The van der Waals surface area contributed by atoms with Crippen LogP contribution in [0.4, 0.5) is 5.82 Å². The zero-order valence-electron chi connectivity index (χ0n) is 13.4. The van der Waals surface area contributed by atoms with Gasteiger partial charge in [-0.3, -0.25) is 9.69 Å². The van der Waals surface area contributed by atoms with Crippen LogP contribution in [0.25, 0.3) is 0 Å². The Balaban J connectivity index is 1.73. The van der Waals surface area contributed by atoms with Gasteiger partial charge in [0, 0.05) is 18.5 Å². The summed E-state index contributed by atoms with van der Waals surface area (Å²) in [4.78, 5) is 14.0. The lowest BCUT2D eigenvalue weighted by molar-refractivity contribution is -0.122. The Kier molecular flexibility index (Phi) is 4.12. The summed E-state index contributed by atoms with van der Waals surface area (Å²) in [5, 5.41) is 8.29. The number of piperidine rings is 1. The van der Waals surface area contributed by atoms with Crippen molar-refractivity contribution < 1.29 is 4.79 Å². The van der Waals surface area contributed by atoms with Gasteiger partial charge in [-0.15, -0.1) is 10.2 Å². The van der Waals surface area contributed by atoms with E-state index >= 15 is 0 Å². The molecule has 0 spiro atoms. The highest BCUT2D eigenvalue weighted by Crippen LogP contribution is 2.32. The molecule has 1 saturated heterocycles. The molecule has 1 aliphatic heterocycles. The van der Waals surface area contributed by atoms with Crippen molar-refractivity contribution in [2.75, 3.05) is 11.4 Å². The molecule has 3 rings (SSSR count). The fourth-order valence-corrected chi connectivity index (χ4v) is 2.57. The Hall–Kier alpha value is -2.67. The third-order valence-electron chi connectivity index (χ3n) is 3.98. The quantitative estimate of drug-likeness (QED) is 0.761. The number of benzene rings is 1.